The summed E-state index contributed by atoms with van der Waals surface area (Å²) >= 11 is 0. The summed E-state index contributed by atoms with van der Waals surface area (Å²) in [4.78, 5) is 21.5. The molecule has 1 saturated heterocycles. The van der Waals surface area contributed by atoms with E-state index in [4.69, 9.17) is 9.84 Å². The third-order valence-corrected chi connectivity index (χ3v) is 6.61. The quantitative estimate of drug-likeness (QED) is 0.361. The number of piperidine rings is 1. The number of H-pyrrole nitrogens is 1. The van der Waals surface area contributed by atoms with Crippen LogP contribution in [0, 0.1) is 5.92 Å². The van der Waals surface area contributed by atoms with Crippen LogP contribution in [0.15, 0.2) is 72.8 Å². The number of carboxylic acid groups (broad SMARTS) is 1. The maximum atomic E-state index is 11.2. The Bertz CT molecular complexity index is 1240. The van der Waals surface area contributed by atoms with Crippen LogP contribution in [0.25, 0.3) is 22.4 Å². The van der Waals surface area contributed by atoms with E-state index in [0.29, 0.717) is 11.3 Å². The van der Waals surface area contributed by atoms with Crippen LogP contribution in [0.2, 0.25) is 0 Å². The number of hydrogen-bond acceptors (Lipinski definition) is 4. The summed E-state index contributed by atoms with van der Waals surface area (Å²) in [5.74, 6) is 1.34. The number of fused-ring (bicyclic) bond motifs is 1. The lowest BCUT2D eigenvalue weighted by atomic mass is 9.93. The zero-order chi connectivity index (χ0) is 23.3. The van der Waals surface area contributed by atoms with Crippen LogP contribution in [-0.4, -0.2) is 45.6 Å². The van der Waals surface area contributed by atoms with E-state index in [1.807, 2.05) is 24.3 Å². The van der Waals surface area contributed by atoms with Crippen LogP contribution in [-0.2, 0) is 6.54 Å². The molecule has 0 spiro atoms. The van der Waals surface area contributed by atoms with Crippen molar-refractivity contribution in [2.45, 2.75) is 25.8 Å². The minimum absolute atomic E-state index is 0.244. The molecule has 1 aromatic heterocycles. The molecule has 4 aromatic rings. The lowest BCUT2D eigenvalue weighted by molar-refractivity contribution is 0.0697. The van der Waals surface area contributed by atoms with Gasteiger partial charge < -0.3 is 14.8 Å². The number of aromatic carboxylic acids is 1. The van der Waals surface area contributed by atoms with E-state index in [9.17, 15) is 4.79 Å². The molecule has 0 radical (unpaired) electrons. The number of aromatic nitrogens is 2. The SMILES string of the molecule is O=C(O)c1ccc2nc(-c3ccc(OCCC4CCN(Cc5ccccc5)CC4)cc3)[nH]c2c1. The summed E-state index contributed by atoms with van der Waals surface area (Å²) in [6.45, 7) is 4.08. The average Bonchev–Trinajstić information content (AvgIpc) is 3.30. The fraction of sp³-hybridized carbons (Fsp3) is 0.286. The summed E-state index contributed by atoms with van der Waals surface area (Å²) in [5, 5.41) is 9.17. The fourth-order valence-electron chi connectivity index (χ4n) is 4.61. The lowest BCUT2D eigenvalue weighted by Gasteiger charge is -2.32. The predicted octanol–water partition coefficient (Wildman–Crippen LogP) is 5.61. The average molecular weight is 456 g/mol. The molecule has 174 valence electrons. The number of carbonyl (C=O) groups is 1. The van der Waals surface area contributed by atoms with Crippen molar-refractivity contribution in [1.82, 2.24) is 14.9 Å². The standard InChI is InChI=1S/C28H29N3O3/c32-28(33)23-8-11-25-26(18-23)30-27(29-25)22-6-9-24(10-7-22)34-17-14-20-12-15-31(16-13-20)19-21-4-2-1-3-5-21/h1-11,18,20H,12-17,19H2,(H,29,30)(H,32,33). The van der Waals surface area contributed by atoms with Crippen molar-refractivity contribution in [3.05, 3.63) is 83.9 Å². The minimum Gasteiger partial charge on any atom is -0.494 e. The highest BCUT2D eigenvalue weighted by atomic mass is 16.5. The van der Waals surface area contributed by atoms with Gasteiger partial charge in [0.2, 0.25) is 0 Å². The second-order valence-corrected chi connectivity index (χ2v) is 8.99. The van der Waals surface area contributed by atoms with Gasteiger partial charge in [-0.05, 0) is 86.3 Å². The van der Waals surface area contributed by atoms with Crippen molar-refractivity contribution in [2.75, 3.05) is 19.7 Å². The molecule has 0 amide bonds. The first-order chi connectivity index (χ1) is 16.6. The van der Waals surface area contributed by atoms with Crippen LogP contribution in [0.3, 0.4) is 0 Å². The number of rotatable bonds is 8. The van der Waals surface area contributed by atoms with Gasteiger partial charge in [-0.3, -0.25) is 4.90 Å². The fourth-order valence-corrected chi connectivity index (χ4v) is 4.61. The molecular formula is C28H29N3O3. The summed E-state index contributed by atoms with van der Waals surface area (Å²) in [6.07, 6.45) is 3.53. The number of ether oxygens (including phenoxy) is 1. The Morgan fingerprint density at radius 1 is 1.03 bits per heavy atom. The summed E-state index contributed by atoms with van der Waals surface area (Å²) in [5.41, 5.74) is 4.03. The van der Waals surface area contributed by atoms with Crippen molar-refractivity contribution in [3.8, 4) is 17.1 Å². The Hall–Kier alpha value is -3.64. The molecule has 1 aliphatic heterocycles. The molecule has 0 saturated carbocycles. The van der Waals surface area contributed by atoms with Crippen LogP contribution in [0.5, 0.6) is 5.75 Å². The van der Waals surface area contributed by atoms with Gasteiger partial charge >= 0.3 is 5.97 Å². The zero-order valence-electron chi connectivity index (χ0n) is 19.1. The third-order valence-electron chi connectivity index (χ3n) is 6.61. The largest absolute Gasteiger partial charge is 0.494 e. The number of aromatic amines is 1. The summed E-state index contributed by atoms with van der Waals surface area (Å²) in [7, 11) is 0. The Balaban J connectivity index is 1.09. The molecule has 5 rings (SSSR count). The first-order valence-electron chi connectivity index (χ1n) is 11.9. The highest BCUT2D eigenvalue weighted by Crippen LogP contribution is 2.25. The van der Waals surface area contributed by atoms with Crippen molar-refractivity contribution >= 4 is 17.0 Å². The molecule has 1 fully saturated rings. The van der Waals surface area contributed by atoms with E-state index >= 15 is 0 Å². The van der Waals surface area contributed by atoms with Gasteiger partial charge in [0.15, 0.2) is 0 Å². The smallest absolute Gasteiger partial charge is 0.335 e. The first-order valence-corrected chi connectivity index (χ1v) is 11.9. The molecule has 0 bridgehead atoms. The Labute approximate surface area is 199 Å². The maximum Gasteiger partial charge on any atom is 0.335 e. The number of likely N-dealkylation sites (tertiary alicyclic amines) is 1. The molecule has 3 aromatic carbocycles. The molecular weight excluding hydrogens is 426 g/mol. The molecule has 2 heterocycles. The highest BCUT2D eigenvalue weighted by Gasteiger charge is 2.19. The Morgan fingerprint density at radius 2 is 1.79 bits per heavy atom. The van der Waals surface area contributed by atoms with E-state index in [2.05, 4.69) is 45.2 Å². The van der Waals surface area contributed by atoms with E-state index in [-0.39, 0.29) is 5.56 Å². The summed E-state index contributed by atoms with van der Waals surface area (Å²) in [6, 6.07) is 23.5. The van der Waals surface area contributed by atoms with Gasteiger partial charge in [-0.25, -0.2) is 9.78 Å². The third kappa shape index (κ3) is 5.29. The number of benzene rings is 3. The molecule has 1 aliphatic rings. The predicted molar refractivity (Wildman–Crippen MR) is 133 cm³/mol. The molecule has 6 heteroatoms. The summed E-state index contributed by atoms with van der Waals surface area (Å²) < 4.78 is 6.01. The second kappa shape index (κ2) is 10.1. The van der Waals surface area contributed by atoms with E-state index in [1.165, 1.54) is 18.4 Å². The Morgan fingerprint density at radius 3 is 2.53 bits per heavy atom. The van der Waals surface area contributed by atoms with Crippen molar-refractivity contribution in [2.24, 2.45) is 5.92 Å². The number of nitrogens with one attached hydrogen (secondary N) is 1. The van der Waals surface area contributed by atoms with Gasteiger partial charge in [0.05, 0.1) is 23.2 Å². The van der Waals surface area contributed by atoms with E-state index in [1.54, 1.807) is 18.2 Å². The van der Waals surface area contributed by atoms with Crippen molar-refractivity contribution in [3.63, 3.8) is 0 Å². The van der Waals surface area contributed by atoms with Crippen molar-refractivity contribution < 1.29 is 14.6 Å². The molecule has 0 atom stereocenters. The zero-order valence-corrected chi connectivity index (χ0v) is 19.1. The number of imidazole rings is 1. The monoisotopic (exact) mass is 455 g/mol. The lowest BCUT2D eigenvalue weighted by Crippen LogP contribution is -2.33. The highest BCUT2D eigenvalue weighted by molar-refractivity contribution is 5.93. The minimum atomic E-state index is -0.947. The molecule has 6 nitrogen and oxygen atoms in total. The second-order valence-electron chi connectivity index (χ2n) is 8.99. The van der Waals surface area contributed by atoms with Crippen LogP contribution >= 0.6 is 0 Å². The van der Waals surface area contributed by atoms with E-state index < -0.39 is 5.97 Å². The molecule has 34 heavy (non-hydrogen) atoms. The van der Waals surface area contributed by atoms with Crippen LogP contribution < -0.4 is 4.74 Å². The molecule has 2 N–H and O–H groups in total. The number of carboxylic acids is 1. The molecule has 0 aliphatic carbocycles. The topological polar surface area (TPSA) is 78.5 Å². The van der Waals surface area contributed by atoms with Crippen molar-refractivity contribution in [1.29, 1.82) is 0 Å². The molecule has 0 unspecified atom stereocenters. The van der Waals surface area contributed by atoms with Gasteiger partial charge in [-0.1, -0.05) is 30.3 Å². The first kappa shape index (κ1) is 22.2. The van der Waals surface area contributed by atoms with Crippen LogP contribution in [0.1, 0.15) is 35.2 Å². The number of nitrogens with zero attached hydrogens (tertiary/aromatic N) is 2. The maximum absolute atomic E-state index is 11.2. The van der Waals surface area contributed by atoms with Gasteiger partial charge in [0.1, 0.15) is 11.6 Å². The number of hydrogen-bond donors (Lipinski definition) is 2. The van der Waals surface area contributed by atoms with Gasteiger partial charge in [0, 0.05) is 12.1 Å². The van der Waals surface area contributed by atoms with Gasteiger partial charge in [-0.15, -0.1) is 0 Å². The van der Waals surface area contributed by atoms with Gasteiger partial charge in [0.25, 0.3) is 0 Å². The Kier molecular flexibility index (Phi) is 6.58. The van der Waals surface area contributed by atoms with Gasteiger partial charge in [-0.2, -0.15) is 0 Å². The normalized spacial score (nSPS) is 14.9. The van der Waals surface area contributed by atoms with E-state index in [0.717, 1.165) is 55.4 Å². The van der Waals surface area contributed by atoms with Crippen LogP contribution in [0.4, 0.5) is 0 Å².